The van der Waals surface area contributed by atoms with Crippen molar-refractivity contribution >= 4 is 15.8 Å². The van der Waals surface area contributed by atoms with Crippen LogP contribution in [0.2, 0.25) is 0 Å². The van der Waals surface area contributed by atoms with Gasteiger partial charge in [-0.2, -0.15) is 0 Å². The quantitative estimate of drug-likeness (QED) is 0.774. The molecule has 0 saturated carbocycles. The average molecular weight is 301 g/mol. The van der Waals surface area contributed by atoms with Gasteiger partial charge >= 0.3 is 5.97 Å². The highest BCUT2D eigenvalue weighted by atomic mass is 32.2. The zero-order valence-corrected chi connectivity index (χ0v) is 12.0. The van der Waals surface area contributed by atoms with Gasteiger partial charge in [-0.15, -0.1) is 0 Å². The topological polar surface area (TPSA) is 63.7 Å². The van der Waals surface area contributed by atoms with E-state index in [1.807, 2.05) is 4.90 Å². The van der Waals surface area contributed by atoms with Crippen molar-refractivity contribution in [3.63, 3.8) is 0 Å². The molecule has 5 nitrogen and oxygen atoms in total. The van der Waals surface area contributed by atoms with Crippen LogP contribution in [0.1, 0.15) is 15.9 Å². The molecule has 0 amide bonds. The van der Waals surface area contributed by atoms with Gasteiger partial charge in [0, 0.05) is 19.6 Å². The molecule has 0 radical (unpaired) electrons. The number of ether oxygens (including phenoxy) is 1. The van der Waals surface area contributed by atoms with Gasteiger partial charge in [0.2, 0.25) is 0 Å². The summed E-state index contributed by atoms with van der Waals surface area (Å²) in [6, 6.07) is 4.32. The fourth-order valence-electron chi connectivity index (χ4n) is 2.10. The average Bonchev–Trinajstić information content (AvgIpc) is 2.40. The molecule has 1 saturated heterocycles. The van der Waals surface area contributed by atoms with Gasteiger partial charge in [0.15, 0.2) is 9.84 Å². The second kappa shape index (κ2) is 5.88. The van der Waals surface area contributed by atoms with E-state index in [0.717, 1.165) is 0 Å². The van der Waals surface area contributed by atoms with Gasteiger partial charge in [-0.1, -0.05) is 6.07 Å². The molecule has 20 heavy (non-hydrogen) atoms. The summed E-state index contributed by atoms with van der Waals surface area (Å²) in [5, 5.41) is 0. The zero-order valence-electron chi connectivity index (χ0n) is 11.1. The molecule has 0 aromatic heterocycles. The Labute approximate surface area is 117 Å². The van der Waals surface area contributed by atoms with Crippen molar-refractivity contribution in [2.24, 2.45) is 0 Å². The molecule has 0 N–H and O–H groups in total. The van der Waals surface area contributed by atoms with E-state index in [2.05, 4.69) is 4.74 Å². The van der Waals surface area contributed by atoms with Crippen LogP contribution in [0.4, 0.5) is 4.39 Å². The van der Waals surface area contributed by atoms with Crippen molar-refractivity contribution in [3.05, 3.63) is 35.1 Å². The maximum Gasteiger partial charge on any atom is 0.340 e. The number of esters is 1. The Hall–Kier alpha value is -1.47. The molecule has 110 valence electrons. The predicted octanol–water partition coefficient (Wildman–Crippen LogP) is 0.843. The highest BCUT2D eigenvalue weighted by Gasteiger charge is 2.22. The summed E-state index contributed by atoms with van der Waals surface area (Å²) >= 11 is 0. The van der Waals surface area contributed by atoms with Gasteiger partial charge in [-0.3, -0.25) is 4.90 Å². The van der Waals surface area contributed by atoms with Crippen molar-refractivity contribution in [3.8, 4) is 0 Å². The number of benzene rings is 1. The molecule has 0 aliphatic carbocycles. The lowest BCUT2D eigenvalue weighted by atomic mass is 10.1. The minimum Gasteiger partial charge on any atom is -0.465 e. The van der Waals surface area contributed by atoms with E-state index < -0.39 is 21.6 Å². The van der Waals surface area contributed by atoms with E-state index in [1.54, 1.807) is 6.07 Å². The monoisotopic (exact) mass is 301 g/mol. The molecule has 7 heteroatoms. The van der Waals surface area contributed by atoms with Crippen LogP contribution >= 0.6 is 0 Å². The minimum absolute atomic E-state index is 0.0996. The fourth-order valence-corrected chi connectivity index (χ4v) is 3.38. The largest absolute Gasteiger partial charge is 0.465 e. The summed E-state index contributed by atoms with van der Waals surface area (Å²) < 4.78 is 40.9. The number of carbonyl (C=O) groups excluding carboxylic acids is 1. The highest BCUT2D eigenvalue weighted by Crippen LogP contribution is 2.15. The van der Waals surface area contributed by atoms with Crippen molar-refractivity contribution in [1.29, 1.82) is 0 Å². The second-order valence-electron chi connectivity index (χ2n) is 4.73. The molecule has 2 rings (SSSR count). The van der Waals surface area contributed by atoms with Crippen LogP contribution in [0.25, 0.3) is 0 Å². The summed E-state index contributed by atoms with van der Waals surface area (Å²) in [6.45, 7) is 1.36. The molecule has 1 heterocycles. The van der Waals surface area contributed by atoms with Gasteiger partial charge in [0.05, 0.1) is 24.2 Å². The Morgan fingerprint density at radius 1 is 1.35 bits per heavy atom. The first-order valence-electron chi connectivity index (χ1n) is 6.21. The first-order valence-corrected chi connectivity index (χ1v) is 8.03. The smallest absolute Gasteiger partial charge is 0.340 e. The number of carbonyl (C=O) groups is 1. The van der Waals surface area contributed by atoms with Crippen LogP contribution in [0.5, 0.6) is 0 Å². The SMILES string of the molecule is COC(=O)c1ccc(CN2CCS(=O)(=O)CC2)cc1F. The van der Waals surface area contributed by atoms with Crippen LogP contribution in [0, 0.1) is 5.82 Å². The van der Waals surface area contributed by atoms with Gasteiger partial charge in [0.25, 0.3) is 0 Å². The fraction of sp³-hybridized carbons (Fsp3) is 0.462. The molecular weight excluding hydrogens is 285 g/mol. The zero-order chi connectivity index (χ0) is 14.8. The lowest BCUT2D eigenvalue weighted by molar-refractivity contribution is 0.0595. The molecule has 1 aliphatic heterocycles. The Morgan fingerprint density at radius 2 is 2.00 bits per heavy atom. The van der Waals surface area contributed by atoms with Crippen LogP contribution in [-0.4, -0.2) is 51.0 Å². The summed E-state index contributed by atoms with van der Waals surface area (Å²) in [6.07, 6.45) is 0. The van der Waals surface area contributed by atoms with E-state index in [-0.39, 0.29) is 17.1 Å². The van der Waals surface area contributed by atoms with Crippen LogP contribution in [-0.2, 0) is 21.1 Å². The molecule has 1 fully saturated rings. The molecule has 0 atom stereocenters. The third-order valence-electron chi connectivity index (χ3n) is 3.28. The van der Waals surface area contributed by atoms with Gasteiger partial charge in [-0.25, -0.2) is 17.6 Å². The second-order valence-corrected chi connectivity index (χ2v) is 7.04. The summed E-state index contributed by atoms with van der Waals surface area (Å²) in [5.74, 6) is -1.07. The Morgan fingerprint density at radius 3 is 2.55 bits per heavy atom. The number of halogens is 1. The maximum absolute atomic E-state index is 13.7. The summed E-state index contributed by atoms with van der Waals surface area (Å²) in [4.78, 5) is 13.2. The van der Waals surface area contributed by atoms with E-state index in [0.29, 0.717) is 25.2 Å². The summed E-state index contributed by atoms with van der Waals surface area (Å²) in [7, 11) is -1.72. The molecule has 1 aliphatic rings. The van der Waals surface area contributed by atoms with Crippen LogP contribution in [0.15, 0.2) is 18.2 Å². The first kappa shape index (κ1) is 14.9. The Bertz CT molecular complexity index is 601. The number of methoxy groups -OCH3 is 1. The van der Waals surface area contributed by atoms with Crippen molar-refractivity contribution in [1.82, 2.24) is 4.90 Å². The number of hydrogen-bond acceptors (Lipinski definition) is 5. The number of sulfone groups is 1. The predicted molar refractivity (Wildman–Crippen MR) is 71.7 cm³/mol. The van der Waals surface area contributed by atoms with E-state index in [9.17, 15) is 17.6 Å². The molecule has 1 aromatic rings. The molecular formula is C13H16FNO4S. The van der Waals surface area contributed by atoms with E-state index >= 15 is 0 Å². The van der Waals surface area contributed by atoms with Gasteiger partial charge in [0.1, 0.15) is 5.82 Å². The molecule has 0 unspecified atom stereocenters. The minimum atomic E-state index is -2.91. The third-order valence-corrected chi connectivity index (χ3v) is 4.89. The number of hydrogen-bond donors (Lipinski definition) is 0. The third kappa shape index (κ3) is 3.55. The van der Waals surface area contributed by atoms with Gasteiger partial charge in [-0.05, 0) is 17.7 Å². The lowest BCUT2D eigenvalue weighted by Crippen LogP contribution is -2.39. The highest BCUT2D eigenvalue weighted by molar-refractivity contribution is 7.91. The number of nitrogens with zero attached hydrogens (tertiary/aromatic N) is 1. The molecule has 1 aromatic carbocycles. The number of rotatable bonds is 3. The summed E-state index contributed by atoms with van der Waals surface area (Å²) in [5.41, 5.74) is 0.604. The molecule has 0 spiro atoms. The first-order chi connectivity index (χ1) is 9.41. The lowest BCUT2D eigenvalue weighted by Gasteiger charge is -2.26. The Kier molecular flexibility index (Phi) is 4.39. The Balaban J connectivity index is 2.04. The van der Waals surface area contributed by atoms with Gasteiger partial charge < -0.3 is 4.74 Å². The standard InChI is InChI=1S/C13H16FNO4S/c1-19-13(16)11-3-2-10(8-12(11)14)9-15-4-6-20(17,18)7-5-15/h2-3,8H,4-7,9H2,1H3. The van der Waals surface area contributed by atoms with E-state index in [4.69, 9.17) is 0 Å². The van der Waals surface area contributed by atoms with Crippen LogP contribution in [0.3, 0.4) is 0 Å². The van der Waals surface area contributed by atoms with Crippen LogP contribution < -0.4 is 0 Å². The van der Waals surface area contributed by atoms with E-state index in [1.165, 1.54) is 19.2 Å². The van der Waals surface area contributed by atoms with Crippen molar-refractivity contribution < 1.29 is 22.3 Å². The maximum atomic E-state index is 13.7. The van der Waals surface area contributed by atoms with Crippen molar-refractivity contribution in [2.75, 3.05) is 31.7 Å². The van der Waals surface area contributed by atoms with Crippen molar-refractivity contribution in [2.45, 2.75) is 6.54 Å². The normalized spacial score (nSPS) is 18.7. The molecule has 0 bridgehead atoms.